The molecule has 0 radical (unpaired) electrons. The van der Waals surface area contributed by atoms with E-state index in [2.05, 4.69) is 15.3 Å². The summed E-state index contributed by atoms with van der Waals surface area (Å²) in [5.41, 5.74) is 5.84. The van der Waals surface area contributed by atoms with Crippen LogP contribution in [0.1, 0.15) is 13.8 Å². The maximum atomic E-state index is 12.2. The van der Waals surface area contributed by atoms with Crippen molar-refractivity contribution in [1.82, 2.24) is 9.97 Å². The van der Waals surface area contributed by atoms with Crippen molar-refractivity contribution < 1.29 is 9.53 Å². The molecule has 1 aromatic heterocycles. The minimum absolute atomic E-state index is 0.121. The summed E-state index contributed by atoms with van der Waals surface area (Å²) in [7, 11) is 0. The van der Waals surface area contributed by atoms with Crippen LogP contribution < -0.4 is 21.3 Å². The number of benzene rings is 1. The van der Waals surface area contributed by atoms with E-state index in [1.807, 2.05) is 6.92 Å². The summed E-state index contributed by atoms with van der Waals surface area (Å²) in [6.07, 6.45) is 0. The quantitative estimate of drug-likeness (QED) is 0.549. The molecule has 0 aliphatic rings. The predicted octanol–water partition coefficient (Wildman–Crippen LogP) is 1.87. The van der Waals surface area contributed by atoms with Crippen molar-refractivity contribution in [3.63, 3.8) is 0 Å². The number of carbonyl (C=O) groups excluding carboxylic acids is 1. The highest BCUT2D eigenvalue weighted by molar-refractivity contribution is 8.00. The maximum Gasteiger partial charge on any atom is 0.253 e. The largest absolute Gasteiger partial charge is 0.494 e. The van der Waals surface area contributed by atoms with Gasteiger partial charge in [-0.2, -0.15) is 0 Å². The maximum absolute atomic E-state index is 12.2. The van der Waals surface area contributed by atoms with Crippen LogP contribution in [0.2, 0.25) is 0 Å². The van der Waals surface area contributed by atoms with Gasteiger partial charge in [-0.05, 0) is 38.1 Å². The van der Waals surface area contributed by atoms with Crippen LogP contribution in [0.25, 0.3) is 0 Å². The predicted molar refractivity (Wildman–Crippen MR) is 90.8 cm³/mol. The molecule has 4 N–H and O–H groups in total. The third kappa shape index (κ3) is 5.03. The van der Waals surface area contributed by atoms with E-state index >= 15 is 0 Å². The molecular weight excluding hydrogens is 316 g/mol. The van der Waals surface area contributed by atoms with Gasteiger partial charge in [-0.15, -0.1) is 0 Å². The van der Waals surface area contributed by atoms with Gasteiger partial charge in [0.15, 0.2) is 5.16 Å². The normalized spacial score (nSPS) is 11.7. The van der Waals surface area contributed by atoms with Crippen LogP contribution in [-0.4, -0.2) is 27.7 Å². The Morgan fingerprint density at radius 2 is 2.13 bits per heavy atom. The average Bonchev–Trinajstić information content (AvgIpc) is 2.48. The third-order valence-corrected chi connectivity index (χ3v) is 3.81. The molecule has 1 heterocycles. The topological polar surface area (TPSA) is 110 Å². The molecule has 0 saturated heterocycles. The van der Waals surface area contributed by atoms with E-state index in [1.165, 1.54) is 6.07 Å². The highest BCUT2D eigenvalue weighted by atomic mass is 32.2. The summed E-state index contributed by atoms with van der Waals surface area (Å²) >= 11 is 1.13. The van der Waals surface area contributed by atoms with Crippen molar-refractivity contribution in [3.05, 3.63) is 40.7 Å². The van der Waals surface area contributed by atoms with E-state index in [0.29, 0.717) is 17.5 Å². The van der Waals surface area contributed by atoms with E-state index in [9.17, 15) is 9.59 Å². The fourth-order valence-electron chi connectivity index (χ4n) is 1.78. The summed E-state index contributed by atoms with van der Waals surface area (Å²) < 4.78 is 5.34. The van der Waals surface area contributed by atoms with Gasteiger partial charge in [-0.25, -0.2) is 4.98 Å². The molecule has 0 bridgehead atoms. The lowest BCUT2D eigenvalue weighted by Crippen LogP contribution is -2.23. The van der Waals surface area contributed by atoms with E-state index in [1.54, 1.807) is 31.2 Å². The molecule has 7 nitrogen and oxygen atoms in total. The second-order valence-electron chi connectivity index (χ2n) is 4.68. The van der Waals surface area contributed by atoms with Gasteiger partial charge in [-0.3, -0.25) is 9.59 Å². The van der Waals surface area contributed by atoms with Crippen molar-refractivity contribution in [2.45, 2.75) is 24.3 Å². The number of hydrogen-bond acceptors (Lipinski definition) is 6. The zero-order chi connectivity index (χ0) is 16.8. The number of nitrogens with one attached hydrogen (secondary N) is 2. The molecule has 0 aliphatic carbocycles. The minimum Gasteiger partial charge on any atom is -0.494 e. The lowest BCUT2D eigenvalue weighted by molar-refractivity contribution is -0.115. The van der Waals surface area contributed by atoms with Crippen LogP contribution in [0.4, 0.5) is 11.5 Å². The smallest absolute Gasteiger partial charge is 0.253 e. The van der Waals surface area contributed by atoms with Gasteiger partial charge >= 0.3 is 0 Å². The second kappa shape index (κ2) is 7.68. The molecule has 0 fully saturated rings. The second-order valence-corrected chi connectivity index (χ2v) is 6.01. The van der Waals surface area contributed by atoms with E-state index < -0.39 is 5.25 Å². The third-order valence-electron chi connectivity index (χ3n) is 2.83. The number of aromatic amines is 1. The molecule has 1 amide bonds. The Kier molecular flexibility index (Phi) is 5.64. The number of amides is 1. The SMILES string of the molecule is CCOc1ccc(NC(=O)[C@@H](C)Sc2nc(N)cc(=O)[nH]2)cc1. The number of H-pyrrole nitrogens is 1. The van der Waals surface area contributed by atoms with E-state index in [0.717, 1.165) is 17.5 Å². The number of aromatic nitrogens is 2. The Morgan fingerprint density at radius 1 is 1.43 bits per heavy atom. The molecule has 0 spiro atoms. The van der Waals surface area contributed by atoms with Crippen LogP contribution in [0.5, 0.6) is 5.75 Å². The molecule has 8 heteroatoms. The summed E-state index contributed by atoms with van der Waals surface area (Å²) in [6, 6.07) is 8.29. The van der Waals surface area contributed by atoms with Crippen molar-refractivity contribution in [2.24, 2.45) is 0 Å². The Balaban J connectivity index is 1.97. The summed E-state index contributed by atoms with van der Waals surface area (Å²) in [5.74, 6) is 0.661. The number of rotatable bonds is 6. The molecule has 2 rings (SSSR count). The molecule has 1 atom stereocenters. The Morgan fingerprint density at radius 3 is 2.74 bits per heavy atom. The summed E-state index contributed by atoms with van der Waals surface area (Å²) in [4.78, 5) is 30.0. The lowest BCUT2D eigenvalue weighted by Gasteiger charge is -2.12. The number of hydrogen-bond donors (Lipinski definition) is 3. The van der Waals surface area contributed by atoms with Gasteiger partial charge < -0.3 is 20.8 Å². The first-order chi connectivity index (χ1) is 11.0. The molecule has 2 aromatic rings. The number of thioether (sulfide) groups is 1. The molecule has 1 aromatic carbocycles. The van der Waals surface area contributed by atoms with Gasteiger partial charge in [0.25, 0.3) is 5.56 Å². The highest BCUT2D eigenvalue weighted by Gasteiger charge is 2.16. The van der Waals surface area contributed by atoms with Gasteiger partial charge in [0.2, 0.25) is 5.91 Å². The van der Waals surface area contributed by atoms with Gasteiger partial charge in [0.1, 0.15) is 11.6 Å². The number of carbonyl (C=O) groups is 1. The zero-order valence-corrected chi connectivity index (χ0v) is 13.6. The lowest BCUT2D eigenvalue weighted by atomic mass is 10.3. The Hall–Kier alpha value is -2.48. The first-order valence-electron chi connectivity index (χ1n) is 7.05. The van der Waals surface area contributed by atoms with Crippen molar-refractivity contribution in [1.29, 1.82) is 0 Å². The van der Waals surface area contributed by atoms with Crippen LogP contribution in [0.3, 0.4) is 0 Å². The van der Waals surface area contributed by atoms with E-state index in [4.69, 9.17) is 10.5 Å². The number of nitrogen functional groups attached to an aromatic ring is 1. The Labute approximate surface area is 137 Å². The standard InChI is InChI=1S/C15H18N4O3S/c1-3-22-11-6-4-10(5-7-11)17-14(21)9(2)23-15-18-12(16)8-13(20)19-15/h4-9H,3H2,1-2H3,(H,17,21)(H3,16,18,19,20)/t9-/m1/s1. The first kappa shape index (κ1) is 16.9. The molecule has 0 aliphatic heterocycles. The number of ether oxygens (including phenoxy) is 1. The Bertz CT molecular complexity index is 730. The van der Waals surface area contributed by atoms with Crippen LogP contribution in [0, 0.1) is 0 Å². The first-order valence-corrected chi connectivity index (χ1v) is 7.93. The summed E-state index contributed by atoms with van der Waals surface area (Å²) in [5, 5.41) is 2.65. The fraction of sp³-hybridized carbons (Fsp3) is 0.267. The number of anilines is 2. The molecule has 122 valence electrons. The number of nitrogens with zero attached hydrogens (tertiary/aromatic N) is 1. The van der Waals surface area contributed by atoms with Crippen LogP contribution in [-0.2, 0) is 4.79 Å². The van der Waals surface area contributed by atoms with Gasteiger partial charge in [0, 0.05) is 11.8 Å². The average molecular weight is 334 g/mol. The van der Waals surface area contributed by atoms with Gasteiger partial charge in [-0.1, -0.05) is 11.8 Å². The number of nitrogens with two attached hydrogens (primary N) is 1. The summed E-state index contributed by atoms with van der Waals surface area (Å²) in [6.45, 7) is 4.21. The molecular formula is C15H18N4O3S. The zero-order valence-electron chi connectivity index (χ0n) is 12.8. The molecule has 23 heavy (non-hydrogen) atoms. The molecule has 0 unspecified atom stereocenters. The van der Waals surface area contributed by atoms with Crippen LogP contribution in [0.15, 0.2) is 40.3 Å². The fourth-order valence-corrected chi connectivity index (χ4v) is 2.59. The van der Waals surface area contributed by atoms with Crippen molar-refractivity contribution in [2.75, 3.05) is 17.7 Å². The molecule has 0 saturated carbocycles. The highest BCUT2D eigenvalue weighted by Crippen LogP contribution is 2.21. The van der Waals surface area contributed by atoms with Crippen molar-refractivity contribution in [3.8, 4) is 5.75 Å². The van der Waals surface area contributed by atoms with E-state index in [-0.39, 0.29) is 17.3 Å². The van der Waals surface area contributed by atoms with Gasteiger partial charge in [0.05, 0.1) is 11.9 Å². The van der Waals surface area contributed by atoms with Crippen LogP contribution >= 0.6 is 11.8 Å². The minimum atomic E-state index is -0.452. The van der Waals surface area contributed by atoms with Crippen molar-refractivity contribution >= 4 is 29.2 Å². The monoisotopic (exact) mass is 334 g/mol.